The van der Waals surface area contributed by atoms with E-state index in [1.54, 1.807) is 6.07 Å². The molecule has 4 heteroatoms. The third kappa shape index (κ3) is 1.19. The van der Waals surface area contributed by atoms with Crippen molar-refractivity contribution in [3.05, 3.63) is 39.4 Å². The van der Waals surface area contributed by atoms with Crippen LogP contribution in [0.5, 0.6) is 0 Å². The van der Waals surface area contributed by atoms with Crippen LogP contribution in [-0.2, 0) is 6.42 Å². The summed E-state index contributed by atoms with van der Waals surface area (Å²) in [4.78, 5) is 21.6. The fourth-order valence-electron chi connectivity index (χ4n) is 1.79. The third-order valence-electron chi connectivity index (χ3n) is 2.54. The van der Waals surface area contributed by atoms with Crippen LogP contribution in [0.15, 0.2) is 18.2 Å². The molecule has 0 bridgehead atoms. The van der Waals surface area contributed by atoms with Gasteiger partial charge in [-0.2, -0.15) is 0 Å². The molecule has 0 saturated heterocycles. The number of non-ortho nitro benzene ring substituents is 1. The second kappa shape index (κ2) is 2.90. The van der Waals surface area contributed by atoms with Crippen LogP contribution in [0, 0.1) is 16.0 Å². The van der Waals surface area contributed by atoms with E-state index in [1.165, 1.54) is 12.1 Å². The predicted octanol–water partition coefficient (Wildman–Crippen LogP) is 1.97. The van der Waals surface area contributed by atoms with Crippen molar-refractivity contribution >= 4 is 11.5 Å². The Balaban J connectivity index is 2.49. The van der Waals surface area contributed by atoms with Crippen molar-refractivity contribution in [2.75, 3.05) is 0 Å². The van der Waals surface area contributed by atoms with Gasteiger partial charge in [0.05, 0.1) is 4.92 Å². The Hall–Kier alpha value is -1.71. The zero-order valence-corrected chi connectivity index (χ0v) is 7.69. The molecule has 1 aliphatic rings. The Labute approximate surface area is 80.7 Å². The SMILES string of the molecule is C[C@H]1Cc2cc([N+](=O)[O-])ccc2C1=O. The molecule has 4 nitrogen and oxygen atoms in total. The van der Waals surface area contributed by atoms with E-state index in [0.29, 0.717) is 12.0 Å². The second-order valence-corrected chi connectivity index (χ2v) is 3.57. The van der Waals surface area contributed by atoms with E-state index in [0.717, 1.165) is 5.56 Å². The number of benzene rings is 1. The molecule has 0 amide bonds. The molecule has 0 aromatic heterocycles. The molecule has 1 aromatic carbocycles. The fourth-order valence-corrected chi connectivity index (χ4v) is 1.79. The van der Waals surface area contributed by atoms with Crippen molar-refractivity contribution in [2.45, 2.75) is 13.3 Å². The smallest absolute Gasteiger partial charge is 0.269 e. The van der Waals surface area contributed by atoms with Gasteiger partial charge in [0.1, 0.15) is 0 Å². The van der Waals surface area contributed by atoms with E-state index >= 15 is 0 Å². The number of fused-ring (bicyclic) bond motifs is 1. The molecule has 1 aromatic rings. The van der Waals surface area contributed by atoms with Gasteiger partial charge < -0.3 is 0 Å². The van der Waals surface area contributed by atoms with Crippen LogP contribution >= 0.6 is 0 Å². The summed E-state index contributed by atoms with van der Waals surface area (Å²) in [6.45, 7) is 1.84. The number of rotatable bonds is 1. The lowest BCUT2D eigenvalue weighted by atomic mass is 10.1. The molecular weight excluding hydrogens is 182 g/mol. The minimum absolute atomic E-state index is 0.0352. The van der Waals surface area contributed by atoms with E-state index in [9.17, 15) is 14.9 Å². The average molecular weight is 191 g/mol. The summed E-state index contributed by atoms with van der Waals surface area (Å²) in [7, 11) is 0. The Morgan fingerprint density at radius 1 is 1.50 bits per heavy atom. The number of hydrogen-bond donors (Lipinski definition) is 0. The number of carbonyl (C=O) groups is 1. The van der Waals surface area contributed by atoms with Gasteiger partial charge >= 0.3 is 0 Å². The van der Waals surface area contributed by atoms with Crippen molar-refractivity contribution in [1.29, 1.82) is 0 Å². The molecule has 0 fully saturated rings. The van der Waals surface area contributed by atoms with Crippen LogP contribution in [0.3, 0.4) is 0 Å². The minimum Gasteiger partial charge on any atom is -0.294 e. The summed E-state index contributed by atoms with van der Waals surface area (Å²) in [5, 5.41) is 10.5. The van der Waals surface area contributed by atoms with Crippen molar-refractivity contribution < 1.29 is 9.72 Å². The van der Waals surface area contributed by atoms with Gasteiger partial charge in [-0.05, 0) is 18.1 Å². The van der Waals surface area contributed by atoms with Crippen molar-refractivity contribution in [1.82, 2.24) is 0 Å². The average Bonchev–Trinajstić information content (AvgIpc) is 2.42. The predicted molar refractivity (Wildman–Crippen MR) is 50.3 cm³/mol. The zero-order valence-electron chi connectivity index (χ0n) is 7.69. The lowest BCUT2D eigenvalue weighted by Gasteiger charge is -1.95. The van der Waals surface area contributed by atoms with Gasteiger partial charge in [0.15, 0.2) is 5.78 Å². The number of carbonyl (C=O) groups excluding carboxylic acids is 1. The Morgan fingerprint density at radius 2 is 2.21 bits per heavy atom. The number of nitrogens with zero attached hydrogens (tertiary/aromatic N) is 1. The van der Waals surface area contributed by atoms with Gasteiger partial charge in [0.25, 0.3) is 5.69 Å². The van der Waals surface area contributed by atoms with E-state index < -0.39 is 4.92 Å². The topological polar surface area (TPSA) is 60.2 Å². The highest BCUT2D eigenvalue weighted by Crippen LogP contribution is 2.29. The van der Waals surface area contributed by atoms with Crippen LogP contribution in [0.25, 0.3) is 0 Å². The van der Waals surface area contributed by atoms with Crippen LogP contribution in [0.4, 0.5) is 5.69 Å². The van der Waals surface area contributed by atoms with Crippen LogP contribution < -0.4 is 0 Å². The maximum Gasteiger partial charge on any atom is 0.269 e. The zero-order chi connectivity index (χ0) is 10.3. The van der Waals surface area contributed by atoms with Crippen LogP contribution in [-0.4, -0.2) is 10.7 Å². The normalized spacial score (nSPS) is 19.5. The standard InChI is InChI=1S/C10H9NO3/c1-6-4-7-5-8(11(13)14)2-3-9(7)10(6)12/h2-3,5-6H,4H2,1H3/t6-/m0/s1. The largest absolute Gasteiger partial charge is 0.294 e. The van der Waals surface area contributed by atoms with E-state index in [-0.39, 0.29) is 17.4 Å². The molecular formula is C10H9NO3. The van der Waals surface area contributed by atoms with Crippen molar-refractivity contribution in [3.8, 4) is 0 Å². The highest BCUT2D eigenvalue weighted by atomic mass is 16.6. The molecule has 0 saturated carbocycles. The van der Waals surface area contributed by atoms with Gasteiger partial charge in [-0.25, -0.2) is 0 Å². The molecule has 0 N–H and O–H groups in total. The molecule has 0 spiro atoms. The van der Waals surface area contributed by atoms with Gasteiger partial charge in [-0.15, -0.1) is 0 Å². The van der Waals surface area contributed by atoms with E-state index in [4.69, 9.17) is 0 Å². The molecule has 0 aliphatic heterocycles. The molecule has 0 unspecified atom stereocenters. The highest BCUT2D eigenvalue weighted by Gasteiger charge is 2.28. The number of hydrogen-bond acceptors (Lipinski definition) is 3. The third-order valence-corrected chi connectivity index (χ3v) is 2.54. The quantitative estimate of drug-likeness (QED) is 0.503. The number of nitro groups is 1. The molecule has 1 aliphatic carbocycles. The minimum atomic E-state index is -0.437. The summed E-state index contributed by atoms with van der Waals surface area (Å²) < 4.78 is 0. The number of nitro benzene ring substituents is 1. The first-order valence-electron chi connectivity index (χ1n) is 4.41. The molecule has 72 valence electrons. The van der Waals surface area contributed by atoms with Crippen molar-refractivity contribution in [3.63, 3.8) is 0 Å². The lowest BCUT2D eigenvalue weighted by molar-refractivity contribution is -0.384. The number of ketones is 1. The van der Waals surface area contributed by atoms with Gasteiger partial charge in [-0.1, -0.05) is 6.92 Å². The monoisotopic (exact) mass is 191 g/mol. The summed E-state index contributed by atoms with van der Waals surface area (Å²) in [5.74, 6) is 0.0573. The maximum atomic E-state index is 11.5. The highest BCUT2D eigenvalue weighted by molar-refractivity contribution is 6.02. The Morgan fingerprint density at radius 3 is 2.86 bits per heavy atom. The van der Waals surface area contributed by atoms with E-state index in [1.807, 2.05) is 6.92 Å². The summed E-state index contributed by atoms with van der Waals surface area (Å²) >= 11 is 0. The first-order chi connectivity index (χ1) is 6.59. The molecule has 2 rings (SSSR count). The number of Topliss-reactive ketones (excluding diaryl/α,β-unsaturated/α-hetero) is 1. The van der Waals surface area contributed by atoms with Crippen molar-refractivity contribution in [2.24, 2.45) is 5.92 Å². The molecule has 0 heterocycles. The molecule has 14 heavy (non-hydrogen) atoms. The second-order valence-electron chi connectivity index (χ2n) is 3.57. The maximum absolute atomic E-state index is 11.5. The van der Waals surface area contributed by atoms with Gasteiger partial charge in [0.2, 0.25) is 0 Å². The summed E-state index contributed by atoms with van der Waals surface area (Å²) in [6, 6.07) is 4.44. The Bertz CT molecular complexity index is 425. The Kier molecular flexibility index (Phi) is 1.84. The van der Waals surface area contributed by atoms with Gasteiger partial charge in [-0.3, -0.25) is 14.9 Å². The molecule has 1 atom stereocenters. The first-order valence-corrected chi connectivity index (χ1v) is 4.41. The van der Waals surface area contributed by atoms with Gasteiger partial charge in [0, 0.05) is 23.6 Å². The summed E-state index contributed by atoms with van der Waals surface area (Å²) in [6.07, 6.45) is 0.621. The van der Waals surface area contributed by atoms with E-state index in [2.05, 4.69) is 0 Å². The fraction of sp³-hybridized carbons (Fsp3) is 0.300. The first kappa shape index (κ1) is 8.87. The van der Waals surface area contributed by atoms with Crippen LogP contribution in [0.1, 0.15) is 22.8 Å². The summed E-state index contributed by atoms with van der Waals surface area (Å²) in [5.41, 5.74) is 1.51. The van der Waals surface area contributed by atoms with Crippen LogP contribution in [0.2, 0.25) is 0 Å². The lowest BCUT2D eigenvalue weighted by Crippen LogP contribution is -2.02. The molecule has 0 radical (unpaired) electrons.